The molecule has 4 rings (SSSR count). The summed E-state index contributed by atoms with van der Waals surface area (Å²) < 4.78 is 11.3. The van der Waals surface area contributed by atoms with Crippen molar-refractivity contribution in [3.8, 4) is 5.88 Å². The molecule has 230 valence electrons. The van der Waals surface area contributed by atoms with Crippen molar-refractivity contribution in [3.63, 3.8) is 0 Å². The van der Waals surface area contributed by atoms with Gasteiger partial charge in [-0.1, -0.05) is 84.4 Å². The van der Waals surface area contributed by atoms with Gasteiger partial charge in [0.2, 0.25) is 11.8 Å². The number of carboxylic acid groups (broad SMARTS) is 1. The summed E-state index contributed by atoms with van der Waals surface area (Å²) in [7, 11) is 3.31. The molecule has 1 aliphatic carbocycles. The van der Waals surface area contributed by atoms with E-state index >= 15 is 0 Å². The van der Waals surface area contributed by atoms with Gasteiger partial charge in [0, 0.05) is 48.2 Å². The highest BCUT2D eigenvalue weighted by Crippen LogP contribution is 2.49. The quantitative estimate of drug-likeness (QED) is 0.411. The third-order valence-electron chi connectivity index (χ3n) is 9.05. The van der Waals surface area contributed by atoms with Crippen molar-refractivity contribution in [2.24, 2.45) is 17.3 Å². The zero-order valence-corrected chi connectivity index (χ0v) is 26.5. The summed E-state index contributed by atoms with van der Waals surface area (Å²) in [4.78, 5) is 34.0. The Labute approximate surface area is 251 Å². The number of amides is 1. The number of pyridine rings is 1. The number of aromatic nitrogens is 1. The zero-order chi connectivity index (χ0) is 30.8. The maximum Gasteiger partial charge on any atom is 0.326 e. The summed E-state index contributed by atoms with van der Waals surface area (Å²) >= 11 is 0. The van der Waals surface area contributed by atoms with Gasteiger partial charge in [0.05, 0.1) is 19.3 Å². The molecule has 1 saturated heterocycles. The first-order valence-electron chi connectivity index (χ1n) is 15.2. The number of carboxylic acids is 1. The summed E-state index contributed by atoms with van der Waals surface area (Å²) in [5.74, 6) is -1.15. The zero-order valence-electron chi connectivity index (χ0n) is 26.5. The highest BCUT2D eigenvalue weighted by molar-refractivity contribution is 5.87. The minimum atomic E-state index is -0.980. The van der Waals surface area contributed by atoms with Crippen LogP contribution in [0.25, 0.3) is 0 Å². The molecule has 8 nitrogen and oxygen atoms in total. The number of rotatable bonds is 8. The molecule has 0 radical (unpaired) electrons. The van der Waals surface area contributed by atoms with Gasteiger partial charge in [-0.05, 0) is 36.3 Å². The normalized spacial score (nSPS) is 26.7. The molecule has 1 aromatic carbocycles. The molecular formula is C34H49N3O5. The second-order valence-corrected chi connectivity index (χ2v) is 14.0. The molecule has 1 saturated carbocycles. The Hall–Kier alpha value is -2.97. The van der Waals surface area contributed by atoms with Crippen molar-refractivity contribution >= 4 is 11.9 Å². The number of likely N-dealkylation sites (tertiary alicyclic amines) is 1. The molecular weight excluding hydrogens is 530 g/mol. The highest BCUT2D eigenvalue weighted by atomic mass is 16.5. The predicted octanol–water partition coefficient (Wildman–Crippen LogP) is 5.75. The van der Waals surface area contributed by atoms with Crippen LogP contribution in [-0.2, 0) is 26.3 Å². The lowest BCUT2D eigenvalue weighted by Gasteiger charge is -2.36. The fraction of sp³-hybridized carbons (Fsp3) is 0.618. The lowest BCUT2D eigenvalue weighted by Crippen LogP contribution is -2.49. The van der Waals surface area contributed by atoms with E-state index in [0.29, 0.717) is 18.8 Å². The molecule has 2 N–H and O–H groups in total. The Morgan fingerprint density at radius 1 is 1.02 bits per heavy atom. The van der Waals surface area contributed by atoms with Gasteiger partial charge in [-0.15, -0.1) is 0 Å². The van der Waals surface area contributed by atoms with Crippen molar-refractivity contribution in [3.05, 3.63) is 59.3 Å². The molecule has 8 heteroatoms. The van der Waals surface area contributed by atoms with Crippen LogP contribution < -0.4 is 10.1 Å². The van der Waals surface area contributed by atoms with Gasteiger partial charge in [0.1, 0.15) is 6.04 Å². The number of carbonyl (C=O) groups is 2. The Morgan fingerprint density at radius 2 is 1.71 bits per heavy atom. The van der Waals surface area contributed by atoms with Crippen LogP contribution in [0.1, 0.15) is 90.1 Å². The van der Waals surface area contributed by atoms with Crippen molar-refractivity contribution in [2.75, 3.05) is 14.2 Å². The maximum absolute atomic E-state index is 14.4. The molecule has 2 heterocycles. The molecule has 2 aliphatic rings. The number of benzene rings is 1. The minimum Gasteiger partial charge on any atom is -0.481 e. The molecule has 0 bridgehead atoms. The summed E-state index contributed by atoms with van der Waals surface area (Å²) in [6.45, 7) is 13.0. The largest absolute Gasteiger partial charge is 0.481 e. The van der Waals surface area contributed by atoms with E-state index < -0.39 is 23.5 Å². The molecule has 2 aromatic rings. The van der Waals surface area contributed by atoms with E-state index in [1.165, 1.54) is 0 Å². The fourth-order valence-corrected chi connectivity index (χ4v) is 6.95. The van der Waals surface area contributed by atoms with Gasteiger partial charge < -0.3 is 24.8 Å². The Morgan fingerprint density at radius 3 is 2.29 bits per heavy atom. The third kappa shape index (κ3) is 6.65. The monoisotopic (exact) mass is 579 g/mol. The number of hydrogen-bond donors (Lipinski definition) is 2. The second kappa shape index (κ2) is 12.7. The maximum atomic E-state index is 14.4. The van der Waals surface area contributed by atoms with E-state index in [-0.39, 0.29) is 35.3 Å². The lowest BCUT2D eigenvalue weighted by molar-refractivity contribution is -0.155. The lowest BCUT2D eigenvalue weighted by atomic mass is 9.72. The van der Waals surface area contributed by atoms with E-state index in [2.05, 4.69) is 46.9 Å². The molecule has 42 heavy (non-hydrogen) atoms. The van der Waals surface area contributed by atoms with Gasteiger partial charge in [-0.3, -0.25) is 4.79 Å². The van der Waals surface area contributed by atoms with Crippen LogP contribution in [0.5, 0.6) is 5.88 Å². The van der Waals surface area contributed by atoms with Crippen molar-refractivity contribution in [2.45, 2.75) is 103 Å². The van der Waals surface area contributed by atoms with Crippen LogP contribution in [-0.4, -0.2) is 59.3 Å². The Bertz CT molecular complexity index is 1240. The number of nitrogens with zero attached hydrogens (tertiary/aromatic N) is 2. The summed E-state index contributed by atoms with van der Waals surface area (Å²) in [6.07, 6.45) is 3.17. The first-order valence-corrected chi connectivity index (χ1v) is 15.2. The third-order valence-corrected chi connectivity index (χ3v) is 9.05. The number of nitrogens with one attached hydrogen (secondary N) is 1. The average molecular weight is 580 g/mol. The summed E-state index contributed by atoms with van der Waals surface area (Å²) in [6, 6.07) is 12.1. The molecule has 1 amide bonds. The van der Waals surface area contributed by atoms with Gasteiger partial charge in [0.25, 0.3) is 0 Å². The van der Waals surface area contributed by atoms with Crippen LogP contribution >= 0.6 is 0 Å². The van der Waals surface area contributed by atoms with E-state index in [9.17, 15) is 14.7 Å². The van der Waals surface area contributed by atoms with E-state index in [1.807, 2.05) is 42.5 Å². The molecule has 1 aliphatic heterocycles. The average Bonchev–Trinajstić information content (AvgIpc) is 3.31. The van der Waals surface area contributed by atoms with Crippen LogP contribution in [0, 0.1) is 17.3 Å². The number of carbonyl (C=O) groups excluding carboxylic acids is 1. The van der Waals surface area contributed by atoms with Gasteiger partial charge >= 0.3 is 5.97 Å². The smallest absolute Gasteiger partial charge is 0.326 e. The molecule has 2 fully saturated rings. The summed E-state index contributed by atoms with van der Waals surface area (Å²) in [5, 5.41) is 14.5. The second-order valence-electron chi connectivity index (χ2n) is 14.0. The van der Waals surface area contributed by atoms with Crippen LogP contribution in [0.2, 0.25) is 0 Å². The highest BCUT2D eigenvalue weighted by Gasteiger charge is 2.58. The molecule has 0 spiro atoms. The number of hydrogen-bond acceptors (Lipinski definition) is 6. The van der Waals surface area contributed by atoms with Gasteiger partial charge in [-0.2, -0.15) is 0 Å². The topological polar surface area (TPSA) is 101 Å². The van der Waals surface area contributed by atoms with Gasteiger partial charge in [-0.25, -0.2) is 9.78 Å². The number of aliphatic carboxylic acids is 1. The predicted molar refractivity (Wildman–Crippen MR) is 163 cm³/mol. The SMILES string of the molecule is COc1nc(C(C)(C)C)ccc1CN[C@H]1[C@H](C(C)(C)C)[C@@H](C(=O)O)N(C(=O)C2CCCC(OC)C2)[C@H]1c1ccccc1. The van der Waals surface area contributed by atoms with Crippen molar-refractivity contribution in [1.29, 1.82) is 0 Å². The van der Waals surface area contributed by atoms with E-state index in [4.69, 9.17) is 14.5 Å². The first-order chi connectivity index (χ1) is 19.8. The van der Waals surface area contributed by atoms with Gasteiger partial charge in [0.15, 0.2) is 0 Å². The van der Waals surface area contributed by atoms with Crippen LogP contribution in [0.4, 0.5) is 0 Å². The Kier molecular flexibility index (Phi) is 9.68. The van der Waals surface area contributed by atoms with E-state index in [1.54, 1.807) is 19.1 Å². The number of methoxy groups -OCH3 is 2. The number of ether oxygens (including phenoxy) is 2. The van der Waals surface area contributed by atoms with Crippen LogP contribution in [0.3, 0.4) is 0 Å². The van der Waals surface area contributed by atoms with E-state index in [0.717, 1.165) is 36.1 Å². The standard InChI is InChI=1S/C34H49N3O5/c1-33(2,3)25-18-17-23(30(36-25)42-8)20-35-27-26(34(4,5)6)29(32(39)40)37(28(27)21-13-10-9-11-14-21)31(38)22-15-12-16-24(19-22)41-7/h9-11,13-14,17-18,22,24,26-29,35H,12,15-16,19-20H2,1-8H3,(H,39,40)/t22?,24?,26-,27-,28-,29-/m0/s1. The Balaban J connectivity index is 1.78. The molecule has 1 aromatic heterocycles. The molecule has 2 unspecified atom stereocenters. The van der Waals surface area contributed by atoms with Crippen molar-refractivity contribution in [1.82, 2.24) is 15.2 Å². The molecule has 6 atom stereocenters. The summed E-state index contributed by atoms with van der Waals surface area (Å²) in [5.41, 5.74) is 2.20. The minimum absolute atomic E-state index is 0.0112. The fourth-order valence-electron chi connectivity index (χ4n) is 6.95. The van der Waals surface area contributed by atoms with Crippen LogP contribution in [0.15, 0.2) is 42.5 Å². The van der Waals surface area contributed by atoms with Crippen molar-refractivity contribution < 1.29 is 24.2 Å². The first kappa shape index (κ1) is 32.0.